The van der Waals surface area contributed by atoms with E-state index >= 15 is 0 Å². The first-order chi connectivity index (χ1) is 14.7. The van der Waals surface area contributed by atoms with Gasteiger partial charge in [0, 0.05) is 12.2 Å². The van der Waals surface area contributed by atoms with E-state index in [-0.39, 0.29) is 0 Å². The molecule has 0 N–H and O–H groups in total. The van der Waals surface area contributed by atoms with Gasteiger partial charge in [0.2, 0.25) is 0 Å². The van der Waals surface area contributed by atoms with Gasteiger partial charge in [0.1, 0.15) is 6.34 Å². The molecule has 30 heavy (non-hydrogen) atoms. The standard InChI is InChI=1S/C25H28N4S/c1-20-18-21(2)29(28-20)16-10-5-11-17-30-25(23-14-8-4-9-15-23)24(26-19-27-25)22-12-6-3-7-13-22/h3-4,6-9,12-15,18-19H,5,10-11,16-17H2,1-2H3. The largest absolute Gasteiger partial charge is 0.270 e. The molecule has 0 fully saturated rings. The number of hydrogen-bond acceptors (Lipinski definition) is 4. The molecule has 5 heteroatoms. The van der Waals surface area contributed by atoms with Gasteiger partial charge in [-0.1, -0.05) is 67.1 Å². The SMILES string of the molecule is Cc1cc(C)n(CCCCCSC2(c3ccccc3)N=CN=C2c2ccccc2)n1. The molecule has 0 saturated heterocycles. The maximum Gasteiger partial charge on any atom is 0.175 e. The fourth-order valence-electron chi connectivity index (χ4n) is 3.91. The van der Waals surface area contributed by atoms with Gasteiger partial charge in [-0.15, -0.1) is 11.8 Å². The van der Waals surface area contributed by atoms with E-state index in [1.54, 1.807) is 6.34 Å². The molecule has 0 saturated carbocycles. The van der Waals surface area contributed by atoms with Crippen LogP contribution in [-0.2, 0) is 11.4 Å². The van der Waals surface area contributed by atoms with Gasteiger partial charge in [-0.05, 0) is 49.6 Å². The first-order valence-corrected chi connectivity index (χ1v) is 11.6. The van der Waals surface area contributed by atoms with E-state index in [4.69, 9.17) is 9.98 Å². The molecule has 2 heterocycles. The van der Waals surface area contributed by atoms with Gasteiger partial charge in [-0.25, -0.2) is 9.98 Å². The zero-order chi connectivity index (χ0) is 20.8. The van der Waals surface area contributed by atoms with E-state index in [1.165, 1.54) is 17.7 Å². The van der Waals surface area contributed by atoms with E-state index < -0.39 is 4.87 Å². The predicted molar refractivity (Wildman–Crippen MR) is 128 cm³/mol. The lowest BCUT2D eigenvalue weighted by atomic mass is 9.96. The highest BCUT2D eigenvalue weighted by Crippen LogP contribution is 2.43. The van der Waals surface area contributed by atoms with Crippen LogP contribution in [0.4, 0.5) is 0 Å². The molecule has 1 atom stereocenters. The Hall–Kier alpha value is -2.66. The first kappa shape index (κ1) is 20.6. The quantitative estimate of drug-likeness (QED) is 0.415. The molecule has 1 aliphatic rings. The van der Waals surface area contributed by atoms with Gasteiger partial charge in [0.05, 0.1) is 11.4 Å². The second-order valence-corrected chi connectivity index (χ2v) is 8.95. The Kier molecular flexibility index (Phi) is 6.48. The Morgan fingerprint density at radius 3 is 2.33 bits per heavy atom. The highest BCUT2D eigenvalue weighted by Gasteiger charge is 2.40. The van der Waals surface area contributed by atoms with Crippen LogP contribution in [-0.4, -0.2) is 27.6 Å². The summed E-state index contributed by atoms with van der Waals surface area (Å²) in [5, 5.41) is 4.56. The van der Waals surface area contributed by atoms with Crippen LogP contribution in [0.5, 0.6) is 0 Å². The van der Waals surface area contributed by atoms with Crippen molar-refractivity contribution in [3.05, 3.63) is 89.2 Å². The summed E-state index contributed by atoms with van der Waals surface area (Å²) >= 11 is 1.89. The van der Waals surface area contributed by atoms with Crippen molar-refractivity contribution in [1.82, 2.24) is 9.78 Å². The summed E-state index contributed by atoms with van der Waals surface area (Å²) in [6.45, 7) is 5.17. The minimum atomic E-state index is -0.460. The van der Waals surface area contributed by atoms with Crippen molar-refractivity contribution in [2.24, 2.45) is 9.98 Å². The van der Waals surface area contributed by atoms with E-state index in [0.29, 0.717) is 0 Å². The number of nitrogens with zero attached hydrogens (tertiary/aromatic N) is 4. The summed E-state index contributed by atoms with van der Waals surface area (Å²) in [6, 6.07) is 23.1. The molecule has 0 spiro atoms. The van der Waals surface area contributed by atoms with Crippen LogP contribution in [0, 0.1) is 13.8 Å². The first-order valence-electron chi connectivity index (χ1n) is 10.6. The molecule has 1 aliphatic heterocycles. The predicted octanol–water partition coefficient (Wildman–Crippen LogP) is 5.79. The molecule has 4 rings (SSSR count). The molecule has 154 valence electrons. The van der Waals surface area contributed by atoms with Gasteiger partial charge in [0.25, 0.3) is 0 Å². The molecule has 0 amide bonds. The minimum absolute atomic E-state index is 0.460. The summed E-state index contributed by atoms with van der Waals surface area (Å²) in [6.07, 6.45) is 5.20. The van der Waals surface area contributed by atoms with E-state index in [9.17, 15) is 0 Å². The summed E-state index contributed by atoms with van der Waals surface area (Å²) < 4.78 is 2.12. The molecule has 1 aromatic heterocycles. The molecular formula is C25H28N4S. The monoisotopic (exact) mass is 416 g/mol. The molecule has 0 bridgehead atoms. The van der Waals surface area contributed by atoms with E-state index in [2.05, 4.69) is 84.3 Å². The number of rotatable bonds is 9. The third-order valence-corrected chi connectivity index (χ3v) is 6.83. The van der Waals surface area contributed by atoms with Crippen molar-refractivity contribution in [1.29, 1.82) is 0 Å². The van der Waals surface area contributed by atoms with Crippen LogP contribution in [0.1, 0.15) is 41.8 Å². The molecule has 1 unspecified atom stereocenters. The normalized spacial score (nSPS) is 18.0. The highest BCUT2D eigenvalue weighted by atomic mass is 32.2. The molecule has 0 aliphatic carbocycles. The maximum absolute atomic E-state index is 4.90. The lowest BCUT2D eigenvalue weighted by molar-refractivity contribution is 0.541. The lowest BCUT2D eigenvalue weighted by Gasteiger charge is -2.28. The fraction of sp³-hybridized carbons (Fsp3) is 0.320. The highest BCUT2D eigenvalue weighted by molar-refractivity contribution is 8.01. The number of unbranched alkanes of at least 4 members (excludes halogenated alkanes) is 2. The van der Waals surface area contributed by atoms with Gasteiger partial charge < -0.3 is 0 Å². The van der Waals surface area contributed by atoms with Crippen molar-refractivity contribution in [2.45, 2.75) is 44.5 Å². The zero-order valence-corrected chi connectivity index (χ0v) is 18.5. The summed E-state index contributed by atoms with van der Waals surface area (Å²) in [4.78, 5) is 9.13. The maximum atomic E-state index is 4.90. The van der Waals surface area contributed by atoms with Crippen LogP contribution in [0.3, 0.4) is 0 Å². The Labute approximate surface area is 183 Å². The number of benzene rings is 2. The second kappa shape index (κ2) is 9.43. The number of aryl methyl sites for hydroxylation is 3. The third-order valence-electron chi connectivity index (χ3n) is 5.39. The van der Waals surface area contributed by atoms with Gasteiger partial charge in [-0.2, -0.15) is 5.10 Å². The molecule has 0 radical (unpaired) electrons. The van der Waals surface area contributed by atoms with Crippen molar-refractivity contribution in [3.8, 4) is 0 Å². The number of thioether (sulfide) groups is 1. The van der Waals surface area contributed by atoms with Crippen LogP contribution in [0.25, 0.3) is 0 Å². The molecular weight excluding hydrogens is 388 g/mol. The summed E-state index contributed by atoms with van der Waals surface area (Å²) in [5.74, 6) is 1.04. The molecule has 4 nitrogen and oxygen atoms in total. The number of hydrogen-bond donors (Lipinski definition) is 0. The van der Waals surface area contributed by atoms with Crippen molar-refractivity contribution < 1.29 is 0 Å². The average Bonchev–Trinajstić information content (AvgIpc) is 3.35. The van der Waals surface area contributed by atoms with Crippen LogP contribution in [0.15, 0.2) is 76.7 Å². The van der Waals surface area contributed by atoms with Gasteiger partial charge in [-0.3, -0.25) is 4.68 Å². The number of aromatic nitrogens is 2. The Bertz CT molecular complexity index is 1020. The van der Waals surface area contributed by atoms with E-state index in [0.717, 1.165) is 42.1 Å². The van der Waals surface area contributed by atoms with Crippen LogP contribution < -0.4 is 0 Å². The third kappa shape index (κ3) is 4.41. The minimum Gasteiger partial charge on any atom is -0.270 e. The van der Waals surface area contributed by atoms with E-state index in [1.807, 2.05) is 17.8 Å². The van der Waals surface area contributed by atoms with Gasteiger partial charge >= 0.3 is 0 Å². The van der Waals surface area contributed by atoms with Crippen molar-refractivity contribution in [2.75, 3.05) is 5.75 Å². The number of aliphatic imine (C=N–C) groups is 2. The van der Waals surface area contributed by atoms with Crippen LogP contribution in [0.2, 0.25) is 0 Å². The fourth-order valence-corrected chi connectivity index (χ4v) is 5.28. The topological polar surface area (TPSA) is 42.5 Å². The smallest absolute Gasteiger partial charge is 0.175 e. The Morgan fingerprint density at radius 1 is 0.900 bits per heavy atom. The van der Waals surface area contributed by atoms with Gasteiger partial charge in [0.15, 0.2) is 4.87 Å². The second-order valence-electron chi connectivity index (χ2n) is 7.66. The zero-order valence-electron chi connectivity index (χ0n) is 17.7. The summed E-state index contributed by atoms with van der Waals surface area (Å²) in [7, 11) is 0. The average molecular weight is 417 g/mol. The Balaban J connectivity index is 1.41. The molecule has 3 aromatic rings. The Morgan fingerprint density at radius 2 is 1.63 bits per heavy atom. The van der Waals surface area contributed by atoms with Crippen molar-refractivity contribution >= 4 is 23.8 Å². The van der Waals surface area contributed by atoms with Crippen molar-refractivity contribution in [3.63, 3.8) is 0 Å². The lowest BCUT2D eigenvalue weighted by Crippen LogP contribution is -2.29. The molecule has 2 aromatic carbocycles. The van der Waals surface area contributed by atoms with Crippen LogP contribution >= 0.6 is 11.8 Å². The summed E-state index contributed by atoms with van der Waals surface area (Å²) in [5.41, 5.74) is 5.69.